The van der Waals surface area contributed by atoms with Gasteiger partial charge in [0.1, 0.15) is 0 Å². The summed E-state index contributed by atoms with van der Waals surface area (Å²) >= 11 is 3.72. The highest BCUT2D eigenvalue weighted by atomic mass is 35.5. The van der Waals surface area contributed by atoms with Gasteiger partial charge in [0.25, 0.3) is 5.88 Å². The zero-order valence-corrected chi connectivity index (χ0v) is 16.8. The molecule has 1 atom stereocenters. The van der Waals surface area contributed by atoms with E-state index in [4.69, 9.17) is 20.9 Å². The zero-order chi connectivity index (χ0) is 21.0. The minimum Gasteiger partial charge on any atom is -0.476 e. The summed E-state index contributed by atoms with van der Waals surface area (Å²) in [4.78, 5) is 25.6. The van der Waals surface area contributed by atoms with E-state index in [0.717, 1.165) is 9.25 Å². The van der Waals surface area contributed by atoms with Crippen molar-refractivity contribution < 1.29 is 13.5 Å². The average molecular weight is 437 g/mol. The quantitative estimate of drug-likeness (QED) is 0.540. The summed E-state index contributed by atoms with van der Waals surface area (Å²) < 4.78 is 29.2. The van der Waals surface area contributed by atoms with E-state index < -0.39 is 22.5 Å². The van der Waals surface area contributed by atoms with Crippen molar-refractivity contribution >= 4 is 22.9 Å². The van der Waals surface area contributed by atoms with E-state index in [9.17, 15) is 13.8 Å². The first-order valence-electron chi connectivity index (χ1n) is 8.35. The van der Waals surface area contributed by atoms with Gasteiger partial charge in [-0.2, -0.15) is 4.68 Å². The monoisotopic (exact) mass is 436 g/mol. The molecule has 0 aliphatic rings. The van der Waals surface area contributed by atoms with Crippen LogP contribution in [0, 0.1) is 0 Å². The van der Waals surface area contributed by atoms with Crippen molar-refractivity contribution in [2.75, 3.05) is 7.11 Å². The maximum atomic E-state index is 13.0. The predicted molar refractivity (Wildman–Crippen MR) is 109 cm³/mol. The molecule has 152 valence electrons. The van der Waals surface area contributed by atoms with Gasteiger partial charge in [0, 0.05) is 11.6 Å². The molecule has 9 nitrogen and oxygen atoms in total. The Morgan fingerprint density at radius 2 is 1.90 bits per heavy atom. The number of hydrogen-bond acceptors (Lipinski definition) is 5. The van der Waals surface area contributed by atoms with Crippen LogP contribution in [-0.4, -0.2) is 30.2 Å². The van der Waals surface area contributed by atoms with Crippen molar-refractivity contribution in [2.24, 2.45) is 0 Å². The van der Waals surface area contributed by atoms with Crippen LogP contribution in [0.1, 0.15) is 11.1 Å². The van der Waals surface area contributed by atoms with E-state index in [0.29, 0.717) is 21.8 Å². The molecular formula is C18H17ClN4O5S. The van der Waals surface area contributed by atoms with Crippen LogP contribution in [0.4, 0.5) is 0 Å². The third-order valence-electron chi connectivity index (χ3n) is 4.03. The van der Waals surface area contributed by atoms with E-state index in [1.165, 1.54) is 7.11 Å². The minimum atomic E-state index is -2.17. The molecule has 1 unspecified atom stereocenters. The molecule has 2 aromatic carbocycles. The molecule has 0 saturated carbocycles. The third kappa shape index (κ3) is 4.98. The predicted octanol–water partition coefficient (Wildman–Crippen LogP) is 1.33. The lowest BCUT2D eigenvalue weighted by Crippen LogP contribution is -2.41. The lowest BCUT2D eigenvalue weighted by Gasteiger charge is -2.12. The van der Waals surface area contributed by atoms with Crippen molar-refractivity contribution in [3.05, 3.63) is 85.5 Å². The van der Waals surface area contributed by atoms with Gasteiger partial charge < -0.3 is 4.74 Å². The van der Waals surface area contributed by atoms with Crippen LogP contribution >= 0.6 is 11.6 Å². The molecule has 0 fully saturated rings. The fraction of sp³-hybridized carbons (Fsp3) is 0.167. The second-order valence-electron chi connectivity index (χ2n) is 5.96. The molecule has 0 radical (unpaired) electrons. The molecule has 0 spiro atoms. The Labute approximate surface area is 172 Å². The van der Waals surface area contributed by atoms with E-state index in [1.807, 2.05) is 0 Å². The van der Waals surface area contributed by atoms with Gasteiger partial charge >= 0.3 is 11.2 Å². The Morgan fingerprint density at radius 1 is 1.17 bits per heavy atom. The Balaban J connectivity index is 2.07. The van der Waals surface area contributed by atoms with Gasteiger partial charge in [-0.1, -0.05) is 35.9 Å². The fourth-order valence-corrected chi connectivity index (χ4v) is 3.06. The standard InChI is InChI=1S/C18H17ClN4O5S/c1-28-16-17(24)22(11-12-5-7-14(19)8-6-12)18(25)23(21-16)15-4-2-3-13(9-15)10-20-29(26)27/h2-9,20H,10-11H2,1H3,(H,26,27). The zero-order valence-electron chi connectivity index (χ0n) is 15.2. The number of nitrogens with zero attached hydrogens (tertiary/aromatic N) is 3. The van der Waals surface area contributed by atoms with Crippen LogP contribution in [-0.2, 0) is 24.4 Å². The van der Waals surface area contributed by atoms with Gasteiger partial charge in [-0.05, 0) is 35.4 Å². The molecule has 3 aromatic rings. The summed E-state index contributed by atoms with van der Waals surface area (Å²) in [7, 11) is 1.29. The topological polar surface area (TPSA) is 115 Å². The summed E-state index contributed by atoms with van der Waals surface area (Å²) in [6, 6.07) is 13.4. The minimum absolute atomic E-state index is 0.0124. The molecule has 1 aromatic heterocycles. The number of rotatable bonds is 7. The van der Waals surface area contributed by atoms with Gasteiger partial charge in [-0.25, -0.2) is 18.3 Å². The summed E-state index contributed by atoms with van der Waals surface area (Å²) in [5.74, 6) is -0.237. The van der Waals surface area contributed by atoms with E-state index in [-0.39, 0.29) is 19.0 Å². The van der Waals surface area contributed by atoms with E-state index in [2.05, 4.69) is 9.82 Å². The molecule has 2 N–H and O–H groups in total. The van der Waals surface area contributed by atoms with E-state index >= 15 is 0 Å². The first kappa shape index (κ1) is 20.9. The molecule has 11 heteroatoms. The highest BCUT2D eigenvalue weighted by Crippen LogP contribution is 2.11. The van der Waals surface area contributed by atoms with Gasteiger partial charge in [-0.3, -0.25) is 9.35 Å². The fourth-order valence-electron chi connectivity index (χ4n) is 2.64. The van der Waals surface area contributed by atoms with Crippen LogP contribution in [0.15, 0.2) is 58.1 Å². The smallest absolute Gasteiger partial charge is 0.352 e. The number of ether oxygens (including phenoxy) is 1. The lowest BCUT2D eigenvalue weighted by molar-refractivity contribution is 0.367. The molecule has 0 aliphatic carbocycles. The lowest BCUT2D eigenvalue weighted by atomic mass is 10.2. The third-order valence-corrected chi connectivity index (χ3v) is 4.68. The normalized spacial score (nSPS) is 12.0. The second kappa shape index (κ2) is 9.14. The Hall–Kier alpha value is -2.79. The first-order chi connectivity index (χ1) is 13.9. The summed E-state index contributed by atoms with van der Waals surface area (Å²) in [6.45, 7) is 0.117. The highest BCUT2D eigenvalue weighted by Gasteiger charge is 2.15. The number of halogens is 1. The summed E-state index contributed by atoms with van der Waals surface area (Å²) in [5.41, 5.74) is 0.421. The molecule has 0 bridgehead atoms. The van der Waals surface area contributed by atoms with Crippen LogP contribution in [0.2, 0.25) is 5.02 Å². The van der Waals surface area contributed by atoms with Crippen molar-refractivity contribution in [1.82, 2.24) is 19.1 Å². The molecule has 29 heavy (non-hydrogen) atoms. The van der Waals surface area contributed by atoms with Crippen LogP contribution in [0.3, 0.4) is 0 Å². The maximum Gasteiger partial charge on any atom is 0.352 e. The Kier molecular flexibility index (Phi) is 6.60. The molecular weight excluding hydrogens is 420 g/mol. The molecule has 0 amide bonds. The highest BCUT2D eigenvalue weighted by molar-refractivity contribution is 7.77. The Morgan fingerprint density at radius 3 is 2.55 bits per heavy atom. The molecule has 3 rings (SSSR count). The molecule has 0 saturated heterocycles. The average Bonchev–Trinajstić information content (AvgIpc) is 2.71. The van der Waals surface area contributed by atoms with Gasteiger partial charge in [0.2, 0.25) is 11.3 Å². The second-order valence-corrected chi connectivity index (χ2v) is 7.19. The van der Waals surface area contributed by atoms with Crippen LogP contribution < -0.4 is 20.7 Å². The number of aromatic nitrogens is 3. The number of benzene rings is 2. The largest absolute Gasteiger partial charge is 0.476 e. The SMILES string of the molecule is COc1nn(-c2cccc(CNS(=O)O)c2)c(=O)n(Cc2ccc(Cl)cc2)c1=O. The van der Waals surface area contributed by atoms with Gasteiger partial charge in [0.15, 0.2) is 0 Å². The van der Waals surface area contributed by atoms with Crippen molar-refractivity contribution in [2.45, 2.75) is 13.1 Å². The number of hydrogen-bond donors (Lipinski definition) is 2. The van der Waals surface area contributed by atoms with E-state index in [1.54, 1.807) is 48.5 Å². The maximum absolute atomic E-state index is 13.0. The molecule has 0 aliphatic heterocycles. The van der Waals surface area contributed by atoms with Crippen LogP contribution in [0.5, 0.6) is 5.88 Å². The summed E-state index contributed by atoms with van der Waals surface area (Å²) in [6.07, 6.45) is 0. The first-order valence-corrected chi connectivity index (χ1v) is 9.84. The van der Waals surface area contributed by atoms with Crippen LogP contribution in [0.25, 0.3) is 5.69 Å². The number of methoxy groups -OCH3 is 1. The number of nitrogens with one attached hydrogen (secondary N) is 1. The molecule has 1 heterocycles. The Bertz CT molecular complexity index is 1160. The van der Waals surface area contributed by atoms with Crippen molar-refractivity contribution in [3.8, 4) is 11.6 Å². The van der Waals surface area contributed by atoms with Crippen molar-refractivity contribution in [1.29, 1.82) is 0 Å². The van der Waals surface area contributed by atoms with Gasteiger partial charge in [0.05, 0.1) is 19.3 Å². The van der Waals surface area contributed by atoms with Gasteiger partial charge in [-0.15, -0.1) is 5.10 Å². The van der Waals surface area contributed by atoms with Crippen molar-refractivity contribution in [3.63, 3.8) is 0 Å². The summed E-state index contributed by atoms with van der Waals surface area (Å²) in [5, 5.41) is 4.55.